The molecule has 128 valence electrons. The van der Waals surface area contributed by atoms with Gasteiger partial charge >= 0.3 is 6.18 Å². The Balaban J connectivity index is 2.28. The Hall–Kier alpha value is -2.50. The molecule has 2 rings (SSSR count). The maximum Gasteiger partial charge on any atom is 0.416 e. The van der Waals surface area contributed by atoms with E-state index in [9.17, 15) is 13.2 Å². The number of hydrogen-bond donors (Lipinski definition) is 1. The fourth-order valence-corrected chi connectivity index (χ4v) is 2.38. The molecule has 1 N–H and O–H groups in total. The smallest absolute Gasteiger partial charge is 0.388 e. The molecule has 24 heavy (non-hydrogen) atoms. The van der Waals surface area contributed by atoms with Crippen LogP contribution < -0.4 is 10.3 Å². The number of hydrazone groups is 1. The van der Waals surface area contributed by atoms with Crippen molar-refractivity contribution in [2.24, 2.45) is 5.10 Å². The highest BCUT2D eigenvalue weighted by Gasteiger charge is 2.30. The number of nitrogens with one attached hydrogen (secondary N) is 1. The van der Waals surface area contributed by atoms with Crippen LogP contribution in [0.1, 0.15) is 23.6 Å². The minimum Gasteiger partial charge on any atom is -0.388 e. The van der Waals surface area contributed by atoms with E-state index in [1.165, 1.54) is 12.1 Å². The van der Waals surface area contributed by atoms with Crippen molar-refractivity contribution in [1.29, 1.82) is 0 Å². The Bertz CT molecular complexity index is 734. The van der Waals surface area contributed by atoms with Gasteiger partial charge in [-0.15, -0.1) is 0 Å². The molecule has 0 amide bonds. The Morgan fingerprint density at radius 1 is 1.08 bits per heavy atom. The molecule has 0 heterocycles. The molecule has 2 aromatic carbocycles. The summed E-state index contributed by atoms with van der Waals surface area (Å²) < 4.78 is 37.9. The van der Waals surface area contributed by atoms with Crippen LogP contribution in [0.4, 0.5) is 24.5 Å². The number of hydrogen-bond acceptors (Lipinski definition) is 3. The van der Waals surface area contributed by atoms with Crippen molar-refractivity contribution in [3.05, 3.63) is 59.2 Å². The van der Waals surface area contributed by atoms with Crippen molar-refractivity contribution in [3.8, 4) is 0 Å². The first-order chi connectivity index (χ1) is 11.2. The van der Waals surface area contributed by atoms with Crippen LogP contribution in [0.25, 0.3) is 0 Å². The van der Waals surface area contributed by atoms with Crippen LogP contribution in [0, 0.1) is 6.92 Å². The lowest BCUT2D eigenvalue weighted by atomic mass is 10.1. The zero-order chi connectivity index (χ0) is 17.9. The monoisotopic (exact) mass is 335 g/mol. The molecule has 0 fully saturated rings. The number of aryl methyl sites for hydroxylation is 1. The van der Waals surface area contributed by atoms with E-state index in [2.05, 4.69) is 10.4 Å². The molecule has 0 bridgehead atoms. The van der Waals surface area contributed by atoms with Gasteiger partial charge in [0.05, 0.1) is 17.0 Å². The molecular formula is C18H20F3N3. The molecule has 0 spiro atoms. The van der Waals surface area contributed by atoms with Gasteiger partial charge in [-0.1, -0.05) is 11.6 Å². The van der Waals surface area contributed by atoms with Crippen molar-refractivity contribution in [3.63, 3.8) is 0 Å². The summed E-state index contributed by atoms with van der Waals surface area (Å²) in [6, 6.07) is 10.9. The number of benzene rings is 2. The van der Waals surface area contributed by atoms with E-state index in [4.69, 9.17) is 0 Å². The number of nitrogens with zero attached hydrogens (tertiary/aromatic N) is 2. The molecule has 0 aliphatic heterocycles. The highest BCUT2D eigenvalue weighted by molar-refractivity contribution is 6.04. The van der Waals surface area contributed by atoms with Crippen LogP contribution in [0.3, 0.4) is 0 Å². The van der Waals surface area contributed by atoms with Crippen LogP contribution in [-0.4, -0.2) is 19.8 Å². The predicted octanol–water partition coefficient (Wildman–Crippen LogP) is 4.92. The van der Waals surface area contributed by atoms with Gasteiger partial charge < -0.3 is 5.32 Å². The second kappa shape index (κ2) is 6.95. The number of halogens is 3. The maximum absolute atomic E-state index is 12.6. The molecule has 0 saturated heterocycles. The van der Waals surface area contributed by atoms with Crippen LogP contribution in [-0.2, 0) is 6.18 Å². The lowest BCUT2D eigenvalue weighted by molar-refractivity contribution is -0.137. The standard InChI is InChI=1S/C18H20F3N3/c1-12-5-10-17(22-3)16(11-12)13(2)23-24(4)15-8-6-14(7-9-15)18(19,20)21/h5-11,22H,1-4H3/b23-13+. The van der Waals surface area contributed by atoms with E-state index in [0.29, 0.717) is 5.69 Å². The van der Waals surface area contributed by atoms with Gasteiger partial charge in [-0.3, -0.25) is 5.01 Å². The Morgan fingerprint density at radius 3 is 2.25 bits per heavy atom. The molecule has 6 heteroatoms. The number of anilines is 2. The third-order valence-corrected chi connectivity index (χ3v) is 3.70. The van der Waals surface area contributed by atoms with E-state index < -0.39 is 11.7 Å². The lowest BCUT2D eigenvalue weighted by Crippen LogP contribution is -2.14. The quantitative estimate of drug-likeness (QED) is 0.635. The molecule has 0 aliphatic rings. The van der Waals surface area contributed by atoms with Crippen LogP contribution in [0.15, 0.2) is 47.6 Å². The third kappa shape index (κ3) is 4.07. The highest BCUT2D eigenvalue weighted by Crippen LogP contribution is 2.30. The van der Waals surface area contributed by atoms with Crippen molar-refractivity contribution < 1.29 is 13.2 Å². The van der Waals surface area contributed by atoms with Crippen LogP contribution >= 0.6 is 0 Å². The van der Waals surface area contributed by atoms with Gasteiger partial charge in [-0.25, -0.2) is 0 Å². The second-order valence-electron chi connectivity index (χ2n) is 5.55. The predicted molar refractivity (Wildman–Crippen MR) is 92.8 cm³/mol. The van der Waals surface area contributed by atoms with Gasteiger partial charge in [0.1, 0.15) is 0 Å². The summed E-state index contributed by atoms with van der Waals surface area (Å²) in [7, 11) is 3.54. The van der Waals surface area contributed by atoms with E-state index in [0.717, 1.165) is 34.7 Å². The average molecular weight is 335 g/mol. The molecular weight excluding hydrogens is 315 g/mol. The van der Waals surface area contributed by atoms with Crippen molar-refractivity contribution in [1.82, 2.24) is 0 Å². The molecule has 3 nitrogen and oxygen atoms in total. The fraction of sp³-hybridized carbons (Fsp3) is 0.278. The van der Waals surface area contributed by atoms with Crippen LogP contribution in [0.2, 0.25) is 0 Å². The molecule has 0 atom stereocenters. The van der Waals surface area contributed by atoms with Crippen molar-refractivity contribution in [2.45, 2.75) is 20.0 Å². The molecule has 0 aliphatic carbocycles. The zero-order valence-corrected chi connectivity index (χ0v) is 14.1. The minimum absolute atomic E-state index is 0.584. The summed E-state index contributed by atoms with van der Waals surface area (Å²) >= 11 is 0. The first-order valence-electron chi connectivity index (χ1n) is 7.47. The van der Waals surface area contributed by atoms with Gasteiger partial charge in [0.15, 0.2) is 0 Å². The average Bonchev–Trinajstić information content (AvgIpc) is 2.54. The van der Waals surface area contributed by atoms with Gasteiger partial charge in [0.2, 0.25) is 0 Å². The van der Waals surface area contributed by atoms with Crippen molar-refractivity contribution >= 4 is 17.1 Å². The maximum atomic E-state index is 12.6. The normalized spacial score (nSPS) is 12.2. The van der Waals surface area contributed by atoms with Crippen LogP contribution in [0.5, 0.6) is 0 Å². The van der Waals surface area contributed by atoms with Gasteiger partial charge in [0, 0.05) is 25.3 Å². The third-order valence-electron chi connectivity index (χ3n) is 3.70. The molecule has 2 aromatic rings. The molecule has 0 radical (unpaired) electrons. The summed E-state index contributed by atoms with van der Waals surface area (Å²) in [4.78, 5) is 0. The van der Waals surface area contributed by atoms with Gasteiger partial charge in [-0.05, 0) is 50.2 Å². The Kier molecular flexibility index (Phi) is 5.17. The Labute approximate surface area is 139 Å². The van der Waals surface area contributed by atoms with E-state index in [-0.39, 0.29) is 0 Å². The SMILES string of the molecule is CNc1ccc(C)cc1/C(C)=N/N(C)c1ccc(C(F)(F)F)cc1. The summed E-state index contributed by atoms with van der Waals surface area (Å²) in [5.74, 6) is 0. The summed E-state index contributed by atoms with van der Waals surface area (Å²) in [6.07, 6.45) is -4.33. The molecule has 0 aromatic heterocycles. The van der Waals surface area contributed by atoms with Gasteiger partial charge in [0.25, 0.3) is 0 Å². The first-order valence-corrected chi connectivity index (χ1v) is 7.47. The molecule has 0 unspecified atom stereocenters. The van der Waals surface area contributed by atoms with E-state index in [1.54, 1.807) is 12.1 Å². The van der Waals surface area contributed by atoms with Crippen molar-refractivity contribution in [2.75, 3.05) is 24.4 Å². The topological polar surface area (TPSA) is 27.6 Å². The minimum atomic E-state index is -4.33. The summed E-state index contributed by atoms with van der Waals surface area (Å²) in [5, 5.41) is 9.17. The number of alkyl halides is 3. The van der Waals surface area contributed by atoms with Gasteiger partial charge in [-0.2, -0.15) is 18.3 Å². The van der Waals surface area contributed by atoms with E-state index >= 15 is 0 Å². The summed E-state index contributed by atoms with van der Waals surface area (Å²) in [6.45, 7) is 3.87. The fourth-order valence-electron chi connectivity index (χ4n) is 2.38. The second-order valence-corrected chi connectivity index (χ2v) is 5.55. The Morgan fingerprint density at radius 2 is 1.71 bits per heavy atom. The first kappa shape index (κ1) is 17.8. The number of rotatable bonds is 4. The highest BCUT2D eigenvalue weighted by atomic mass is 19.4. The summed E-state index contributed by atoms with van der Waals surface area (Å²) in [5.41, 5.74) is 3.69. The lowest BCUT2D eigenvalue weighted by Gasteiger charge is -2.17. The van der Waals surface area contributed by atoms with E-state index in [1.807, 2.05) is 39.1 Å². The molecule has 0 saturated carbocycles. The largest absolute Gasteiger partial charge is 0.416 e. The zero-order valence-electron chi connectivity index (χ0n) is 14.1.